The van der Waals surface area contributed by atoms with Gasteiger partial charge in [0.25, 0.3) is 0 Å². The van der Waals surface area contributed by atoms with Gasteiger partial charge >= 0.3 is 5.97 Å². The Labute approximate surface area is 142 Å². The molecule has 1 aromatic rings. The maximum Gasteiger partial charge on any atom is 0.325 e. The Hall–Kier alpha value is -2.18. The van der Waals surface area contributed by atoms with E-state index in [9.17, 15) is 9.59 Å². The first-order chi connectivity index (χ1) is 11.6. The van der Waals surface area contributed by atoms with Crippen LogP contribution in [0, 0.1) is 0 Å². The molecule has 0 N–H and O–H groups in total. The van der Waals surface area contributed by atoms with Crippen molar-refractivity contribution >= 4 is 17.8 Å². The second-order valence-corrected chi connectivity index (χ2v) is 6.47. The van der Waals surface area contributed by atoms with Crippen molar-refractivity contribution < 1.29 is 14.3 Å². The van der Waals surface area contributed by atoms with Crippen LogP contribution in [0.2, 0.25) is 0 Å². The third-order valence-corrected chi connectivity index (χ3v) is 4.99. The number of esters is 1. The van der Waals surface area contributed by atoms with Gasteiger partial charge in [0, 0.05) is 30.9 Å². The molecule has 0 radical (unpaired) electrons. The van der Waals surface area contributed by atoms with Crippen molar-refractivity contribution in [2.24, 2.45) is 0 Å². The molecule has 2 heterocycles. The predicted molar refractivity (Wildman–Crippen MR) is 88.6 cm³/mol. The smallest absolute Gasteiger partial charge is 0.325 e. The lowest BCUT2D eigenvalue weighted by atomic mass is 10.0. The second kappa shape index (κ2) is 7.15. The normalized spacial score (nSPS) is 22.1. The molecule has 1 saturated carbocycles. The summed E-state index contributed by atoms with van der Waals surface area (Å²) in [5.41, 5.74) is 1.08. The Morgan fingerprint density at radius 1 is 1.33 bits per heavy atom. The molecule has 7 heteroatoms. The molecule has 1 unspecified atom stereocenters. The fraction of sp³-hybridized carbons (Fsp3) is 0.647. The highest BCUT2D eigenvalue weighted by Gasteiger charge is 2.34. The van der Waals surface area contributed by atoms with Gasteiger partial charge in [0.2, 0.25) is 11.9 Å². The van der Waals surface area contributed by atoms with Crippen LogP contribution < -0.4 is 4.90 Å². The van der Waals surface area contributed by atoms with Gasteiger partial charge in [-0.3, -0.25) is 9.59 Å². The highest BCUT2D eigenvalue weighted by atomic mass is 16.5. The molecule has 1 aliphatic heterocycles. The first-order valence-corrected chi connectivity index (χ1v) is 8.55. The summed E-state index contributed by atoms with van der Waals surface area (Å²) in [6.45, 7) is 2.90. The van der Waals surface area contributed by atoms with Crippen LogP contribution in [-0.2, 0) is 14.3 Å². The lowest BCUT2D eigenvalue weighted by molar-refractivity contribution is -0.148. The molecule has 0 aromatic carbocycles. The minimum atomic E-state index is -0.400. The Morgan fingerprint density at radius 3 is 2.79 bits per heavy atom. The van der Waals surface area contributed by atoms with Crippen molar-refractivity contribution in [3.8, 4) is 0 Å². The zero-order chi connectivity index (χ0) is 17.1. The van der Waals surface area contributed by atoms with Crippen LogP contribution in [0.1, 0.15) is 44.2 Å². The zero-order valence-corrected chi connectivity index (χ0v) is 14.3. The molecule has 2 fully saturated rings. The maximum absolute atomic E-state index is 12.5. The van der Waals surface area contributed by atoms with E-state index in [4.69, 9.17) is 4.98 Å². The minimum Gasteiger partial charge on any atom is -0.468 e. The Morgan fingerprint density at radius 2 is 2.08 bits per heavy atom. The van der Waals surface area contributed by atoms with Crippen molar-refractivity contribution in [1.29, 1.82) is 0 Å². The van der Waals surface area contributed by atoms with E-state index in [1.807, 2.05) is 17.9 Å². The number of nitrogens with zero attached hydrogens (tertiary/aromatic N) is 4. The molecule has 7 nitrogen and oxygen atoms in total. The summed E-state index contributed by atoms with van der Waals surface area (Å²) < 4.78 is 4.65. The molecule has 1 amide bonds. The number of ether oxygens (including phenoxy) is 1. The monoisotopic (exact) mass is 332 g/mol. The summed E-state index contributed by atoms with van der Waals surface area (Å²) in [6.07, 6.45) is 6.65. The Kier molecular flexibility index (Phi) is 4.97. The van der Waals surface area contributed by atoms with E-state index in [-0.39, 0.29) is 18.5 Å². The van der Waals surface area contributed by atoms with Crippen LogP contribution in [-0.4, -0.2) is 59.5 Å². The molecule has 24 heavy (non-hydrogen) atoms. The van der Waals surface area contributed by atoms with Crippen molar-refractivity contribution in [2.45, 2.75) is 44.6 Å². The first-order valence-electron chi connectivity index (χ1n) is 8.55. The maximum atomic E-state index is 12.5. The van der Waals surface area contributed by atoms with Gasteiger partial charge < -0.3 is 14.5 Å². The summed E-state index contributed by atoms with van der Waals surface area (Å²) in [5.74, 6) is 0.626. The number of carbonyl (C=O) groups is 2. The van der Waals surface area contributed by atoms with Crippen molar-refractivity contribution in [2.75, 3.05) is 31.6 Å². The van der Waals surface area contributed by atoms with Gasteiger partial charge in [-0.05, 0) is 25.8 Å². The number of hydrogen-bond acceptors (Lipinski definition) is 6. The summed E-state index contributed by atoms with van der Waals surface area (Å²) in [7, 11) is 1.33. The fourth-order valence-corrected chi connectivity index (χ4v) is 3.53. The largest absolute Gasteiger partial charge is 0.468 e. The lowest BCUT2D eigenvalue weighted by Gasteiger charge is -2.38. The third kappa shape index (κ3) is 3.34. The van der Waals surface area contributed by atoms with E-state index >= 15 is 0 Å². The van der Waals surface area contributed by atoms with Crippen molar-refractivity contribution in [3.05, 3.63) is 18.0 Å². The summed E-state index contributed by atoms with van der Waals surface area (Å²) >= 11 is 0. The summed E-state index contributed by atoms with van der Waals surface area (Å²) in [5, 5.41) is 0. The minimum absolute atomic E-state index is 0.00349. The molecule has 1 saturated heterocycles. The van der Waals surface area contributed by atoms with Gasteiger partial charge in [0.15, 0.2) is 0 Å². The van der Waals surface area contributed by atoms with E-state index < -0.39 is 5.97 Å². The van der Waals surface area contributed by atoms with Gasteiger partial charge in [0.1, 0.15) is 12.6 Å². The average molecular weight is 332 g/mol. The standard InChI is InChI=1S/C17H24N4O3/c1-12-16(23)20(11-15(22)24-2)9-10-21(12)17-18-8-7-14(19-17)13-5-3-4-6-13/h7-8,12-13H,3-6,9-11H2,1-2H3. The second-order valence-electron chi connectivity index (χ2n) is 6.47. The number of piperazine rings is 1. The van der Waals surface area contributed by atoms with Crippen LogP contribution in [0.4, 0.5) is 5.95 Å². The van der Waals surface area contributed by atoms with E-state index in [2.05, 4.69) is 9.72 Å². The first kappa shape index (κ1) is 16.7. The number of hydrogen-bond donors (Lipinski definition) is 0. The molecule has 130 valence electrons. The summed E-state index contributed by atoms with van der Waals surface area (Å²) in [6, 6.07) is 1.60. The molecule has 2 aliphatic rings. The molecule has 1 aromatic heterocycles. The van der Waals surface area contributed by atoms with Gasteiger partial charge in [-0.1, -0.05) is 12.8 Å². The highest BCUT2D eigenvalue weighted by molar-refractivity contribution is 5.88. The number of anilines is 1. The van der Waals surface area contributed by atoms with E-state index in [0.717, 1.165) is 5.69 Å². The van der Waals surface area contributed by atoms with E-state index in [0.29, 0.717) is 25.0 Å². The number of amides is 1. The fourth-order valence-electron chi connectivity index (χ4n) is 3.53. The van der Waals surface area contributed by atoms with Crippen molar-refractivity contribution in [1.82, 2.24) is 14.9 Å². The highest BCUT2D eigenvalue weighted by Crippen LogP contribution is 2.33. The third-order valence-electron chi connectivity index (χ3n) is 4.99. The molecule has 1 aliphatic carbocycles. The molecular formula is C17H24N4O3. The van der Waals surface area contributed by atoms with Crippen LogP contribution in [0.3, 0.4) is 0 Å². The zero-order valence-electron chi connectivity index (χ0n) is 14.3. The SMILES string of the molecule is COC(=O)CN1CCN(c2nccc(C3CCCC3)n2)C(C)C1=O. The number of rotatable bonds is 4. The van der Waals surface area contributed by atoms with E-state index in [1.165, 1.54) is 37.7 Å². The Bertz CT molecular complexity index is 616. The molecule has 0 bridgehead atoms. The average Bonchev–Trinajstić information content (AvgIpc) is 3.14. The summed E-state index contributed by atoms with van der Waals surface area (Å²) in [4.78, 5) is 36.5. The van der Waals surface area contributed by atoms with Crippen LogP contribution in [0.25, 0.3) is 0 Å². The van der Waals surface area contributed by atoms with Gasteiger partial charge in [0.05, 0.1) is 7.11 Å². The van der Waals surface area contributed by atoms with Crippen LogP contribution >= 0.6 is 0 Å². The Balaban J connectivity index is 1.73. The molecular weight excluding hydrogens is 308 g/mol. The van der Waals surface area contributed by atoms with Gasteiger partial charge in [-0.25, -0.2) is 9.97 Å². The van der Waals surface area contributed by atoms with Gasteiger partial charge in [-0.15, -0.1) is 0 Å². The molecule has 1 atom stereocenters. The number of methoxy groups -OCH3 is 1. The van der Waals surface area contributed by atoms with E-state index in [1.54, 1.807) is 6.20 Å². The molecule has 3 rings (SSSR count). The predicted octanol–water partition coefficient (Wildman–Crippen LogP) is 1.34. The molecule has 0 spiro atoms. The van der Waals surface area contributed by atoms with Crippen LogP contribution in [0.5, 0.6) is 0 Å². The van der Waals surface area contributed by atoms with Gasteiger partial charge in [-0.2, -0.15) is 0 Å². The number of carbonyl (C=O) groups excluding carboxylic acids is 2. The van der Waals surface area contributed by atoms with Crippen molar-refractivity contribution in [3.63, 3.8) is 0 Å². The lowest BCUT2D eigenvalue weighted by Crippen LogP contribution is -2.57. The number of aromatic nitrogens is 2. The topological polar surface area (TPSA) is 75.6 Å². The van der Waals surface area contributed by atoms with Crippen LogP contribution in [0.15, 0.2) is 12.3 Å². The quantitative estimate of drug-likeness (QED) is 0.775.